The summed E-state index contributed by atoms with van der Waals surface area (Å²) < 4.78 is 13.1. The maximum Gasteiger partial charge on any atom is 0.123 e. The van der Waals surface area contributed by atoms with E-state index in [-0.39, 0.29) is 5.82 Å². The van der Waals surface area contributed by atoms with Crippen molar-refractivity contribution in [2.24, 2.45) is 0 Å². The van der Waals surface area contributed by atoms with Crippen LogP contribution in [0.25, 0.3) is 11.1 Å². The SMILES string of the molecule is CCCNCc1ccc(-c2ccc(F)cc2C)cc1Cl. The molecule has 0 spiro atoms. The molecule has 3 heteroatoms. The number of halogens is 2. The molecule has 0 amide bonds. The molecule has 0 saturated carbocycles. The fourth-order valence-corrected chi connectivity index (χ4v) is 2.46. The molecular weight excluding hydrogens is 273 g/mol. The summed E-state index contributed by atoms with van der Waals surface area (Å²) in [5.41, 5.74) is 4.04. The van der Waals surface area contributed by atoms with Gasteiger partial charge in [-0.1, -0.05) is 36.7 Å². The van der Waals surface area contributed by atoms with E-state index in [1.165, 1.54) is 6.07 Å². The van der Waals surface area contributed by atoms with Gasteiger partial charge in [-0.2, -0.15) is 0 Å². The normalized spacial score (nSPS) is 10.8. The van der Waals surface area contributed by atoms with E-state index in [1.54, 1.807) is 12.1 Å². The lowest BCUT2D eigenvalue weighted by Crippen LogP contribution is -2.13. The second-order valence-corrected chi connectivity index (χ2v) is 5.35. The topological polar surface area (TPSA) is 12.0 Å². The third-order valence-corrected chi connectivity index (χ3v) is 3.65. The summed E-state index contributed by atoms with van der Waals surface area (Å²) in [5, 5.41) is 4.08. The van der Waals surface area contributed by atoms with Crippen molar-refractivity contribution in [1.82, 2.24) is 5.32 Å². The number of hydrogen-bond donors (Lipinski definition) is 1. The molecule has 0 aliphatic carbocycles. The van der Waals surface area contributed by atoms with E-state index in [2.05, 4.69) is 12.2 Å². The standard InChI is InChI=1S/C17H19ClFN/c1-3-8-20-11-14-5-4-13(10-17(14)18)16-7-6-15(19)9-12(16)2/h4-7,9-10,20H,3,8,11H2,1-2H3. The quantitative estimate of drug-likeness (QED) is 0.768. The largest absolute Gasteiger partial charge is 0.313 e. The van der Waals surface area contributed by atoms with Crippen LogP contribution in [0.15, 0.2) is 36.4 Å². The minimum Gasteiger partial charge on any atom is -0.313 e. The van der Waals surface area contributed by atoms with E-state index in [1.807, 2.05) is 25.1 Å². The zero-order valence-electron chi connectivity index (χ0n) is 11.8. The lowest BCUT2D eigenvalue weighted by molar-refractivity contribution is 0.627. The molecule has 1 N–H and O–H groups in total. The van der Waals surface area contributed by atoms with Gasteiger partial charge >= 0.3 is 0 Å². The zero-order valence-corrected chi connectivity index (χ0v) is 12.6. The monoisotopic (exact) mass is 291 g/mol. The van der Waals surface area contributed by atoms with Gasteiger partial charge in [-0.05, 0) is 60.3 Å². The van der Waals surface area contributed by atoms with E-state index in [4.69, 9.17) is 11.6 Å². The second kappa shape index (κ2) is 6.87. The highest BCUT2D eigenvalue weighted by Crippen LogP contribution is 2.28. The summed E-state index contributed by atoms with van der Waals surface area (Å²) in [6.07, 6.45) is 1.10. The van der Waals surface area contributed by atoms with Gasteiger partial charge < -0.3 is 5.32 Å². The first-order chi connectivity index (χ1) is 9.61. The van der Waals surface area contributed by atoms with E-state index >= 15 is 0 Å². The van der Waals surface area contributed by atoms with Crippen molar-refractivity contribution in [1.29, 1.82) is 0 Å². The molecule has 106 valence electrons. The summed E-state index contributed by atoms with van der Waals surface area (Å²) in [4.78, 5) is 0. The Bertz CT molecular complexity index is 596. The summed E-state index contributed by atoms with van der Waals surface area (Å²) in [6, 6.07) is 10.8. The first-order valence-corrected chi connectivity index (χ1v) is 7.25. The van der Waals surface area contributed by atoms with Crippen LogP contribution in [0.2, 0.25) is 5.02 Å². The van der Waals surface area contributed by atoms with Crippen LogP contribution in [0.1, 0.15) is 24.5 Å². The van der Waals surface area contributed by atoms with Crippen molar-refractivity contribution in [2.75, 3.05) is 6.54 Å². The Morgan fingerprint density at radius 1 is 1.15 bits per heavy atom. The molecule has 2 aromatic rings. The third kappa shape index (κ3) is 3.59. The van der Waals surface area contributed by atoms with Gasteiger partial charge in [-0.3, -0.25) is 0 Å². The minimum atomic E-state index is -0.210. The number of nitrogens with one attached hydrogen (secondary N) is 1. The van der Waals surface area contributed by atoms with Crippen molar-refractivity contribution in [2.45, 2.75) is 26.8 Å². The average Bonchev–Trinajstić information content (AvgIpc) is 2.41. The van der Waals surface area contributed by atoms with Crippen LogP contribution in [0.5, 0.6) is 0 Å². The molecular formula is C17H19ClFN. The summed E-state index contributed by atoms with van der Waals surface area (Å²) in [7, 11) is 0. The van der Waals surface area contributed by atoms with Crippen molar-refractivity contribution in [3.8, 4) is 11.1 Å². The van der Waals surface area contributed by atoms with Gasteiger partial charge in [0.2, 0.25) is 0 Å². The summed E-state index contributed by atoms with van der Waals surface area (Å²) in [6.45, 7) is 5.79. The number of hydrogen-bond acceptors (Lipinski definition) is 1. The van der Waals surface area contributed by atoms with Gasteiger partial charge in [-0.15, -0.1) is 0 Å². The number of aryl methyl sites for hydroxylation is 1. The molecule has 0 aliphatic heterocycles. The van der Waals surface area contributed by atoms with Crippen LogP contribution in [0.3, 0.4) is 0 Å². The Balaban J connectivity index is 2.24. The summed E-state index contributed by atoms with van der Waals surface area (Å²) in [5.74, 6) is -0.210. The van der Waals surface area contributed by atoms with Crippen LogP contribution in [-0.4, -0.2) is 6.54 Å². The predicted octanol–water partition coefficient (Wildman–Crippen LogP) is 4.95. The van der Waals surface area contributed by atoms with Crippen molar-refractivity contribution in [3.63, 3.8) is 0 Å². The zero-order chi connectivity index (χ0) is 14.5. The van der Waals surface area contributed by atoms with Crippen molar-refractivity contribution >= 4 is 11.6 Å². The lowest BCUT2D eigenvalue weighted by atomic mass is 9.99. The molecule has 0 heterocycles. The Morgan fingerprint density at radius 2 is 1.95 bits per heavy atom. The molecule has 20 heavy (non-hydrogen) atoms. The molecule has 1 nitrogen and oxygen atoms in total. The average molecular weight is 292 g/mol. The Kier molecular flexibility index (Phi) is 5.16. The molecule has 2 rings (SSSR count). The highest BCUT2D eigenvalue weighted by Gasteiger charge is 2.06. The first-order valence-electron chi connectivity index (χ1n) is 6.87. The van der Waals surface area contributed by atoms with Crippen LogP contribution < -0.4 is 5.32 Å². The molecule has 0 aromatic heterocycles. The fraction of sp³-hybridized carbons (Fsp3) is 0.294. The molecule has 0 fully saturated rings. The van der Waals surface area contributed by atoms with Crippen molar-refractivity contribution in [3.05, 3.63) is 58.4 Å². The molecule has 0 unspecified atom stereocenters. The fourth-order valence-electron chi connectivity index (χ4n) is 2.21. The molecule has 2 aromatic carbocycles. The van der Waals surface area contributed by atoms with Crippen molar-refractivity contribution < 1.29 is 4.39 Å². The number of benzene rings is 2. The van der Waals surface area contributed by atoms with Gasteiger partial charge in [0.15, 0.2) is 0 Å². The lowest BCUT2D eigenvalue weighted by Gasteiger charge is -2.10. The molecule has 0 atom stereocenters. The number of rotatable bonds is 5. The summed E-state index contributed by atoms with van der Waals surface area (Å²) >= 11 is 6.33. The Labute approximate surface area is 124 Å². The van der Waals surface area contributed by atoms with E-state index in [0.717, 1.165) is 46.8 Å². The van der Waals surface area contributed by atoms with E-state index in [9.17, 15) is 4.39 Å². The first kappa shape index (κ1) is 15.0. The van der Waals surface area contributed by atoms with Gasteiger partial charge in [0.05, 0.1) is 0 Å². The van der Waals surface area contributed by atoms with Crippen LogP contribution in [0.4, 0.5) is 4.39 Å². The Hall–Kier alpha value is -1.38. The predicted molar refractivity (Wildman–Crippen MR) is 83.6 cm³/mol. The highest BCUT2D eigenvalue weighted by atomic mass is 35.5. The van der Waals surface area contributed by atoms with Gasteiger partial charge in [0.25, 0.3) is 0 Å². The highest BCUT2D eigenvalue weighted by molar-refractivity contribution is 6.31. The third-order valence-electron chi connectivity index (χ3n) is 3.29. The molecule has 0 radical (unpaired) electrons. The molecule has 0 saturated heterocycles. The van der Waals surface area contributed by atoms with Gasteiger partial charge in [0.1, 0.15) is 5.82 Å². The maximum absolute atomic E-state index is 13.1. The van der Waals surface area contributed by atoms with Gasteiger partial charge in [0, 0.05) is 11.6 Å². The maximum atomic E-state index is 13.1. The second-order valence-electron chi connectivity index (χ2n) is 4.94. The smallest absolute Gasteiger partial charge is 0.123 e. The molecule has 0 aliphatic rings. The van der Waals surface area contributed by atoms with E-state index in [0.29, 0.717) is 0 Å². The van der Waals surface area contributed by atoms with Crippen LogP contribution in [0, 0.1) is 12.7 Å². The van der Waals surface area contributed by atoms with E-state index < -0.39 is 0 Å². The Morgan fingerprint density at radius 3 is 2.60 bits per heavy atom. The molecule has 0 bridgehead atoms. The minimum absolute atomic E-state index is 0.210. The van der Waals surface area contributed by atoms with Crippen LogP contribution in [-0.2, 0) is 6.54 Å². The van der Waals surface area contributed by atoms with Crippen LogP contribution >= 0.6 is 11.6 Å². The van der Waals surface area contributed by atoms with Gasteiger partial charge in [-0.25, -0.2) is 4.39 Å².